The fraction of sp³-hybridized carbons (Fsp3) is 0.385. The smallest absolute Gasteiger partial charge is 0.332 e. The summed E-state index contributed by atoms with van der Waals surface area (Å²) in [6.45, 7) is 6.12. The molecule has 21 heavy (non-hydrogen) atoms. The van der Waals surface area contributed by atoms with E-state index in [1.54, 1.807) is 18.3 Å². The Morgan fingerprint density at radius 3 is 2.81 bits per heavy atom. The van der Waals surface area contributed by atoms with Gasteiger partial charge >= 0.3 is 5.69 Å². The molecule has 2 aromatic rings. The van der Waals surface area contributed by atoms with E-state index >= 15 is 0 Å². The van der Waals surface area contributed by atoms with E-state index in [2.05, 4.69) is 20.6 Å². The number of rotatable bonds is 6. The van der Waals surface area contributed by atoms with Crippen LogP contribution in [0, 0.1) is 17.0 Å². The van der Waals surface area contributed by atoms with Gasteiger partial charge in [0.2, 0.25) is 11.8 Å². The van der Waals surface area contributed by atoms with Gasteiger partial charge in [0.05, 0.1) is 11.0 Å². The summed E-state index contributed by atoms with van der Waals surface area (Å²) in [6.07, 6.45) is 0. The van der Waals surface area contributed by atoms with Gasteiger partial charge in [0, 0.05) is 6.54 Å². The lowest BCUT2D eigenvalue weighted by molar-refractivity contribution is -0.385. The van der Waals surface area contributed by atoms with E-state index in [1.165, 1.54) is 0 Å². The summed E-state index contributed by atoms with van der Waals surface area (Å²) in [5, 5.41) is 21.3. The number of aryl methyl sites for hydroxylation is 1. The summed E-state index contributed by atoms with van der Waals surface area (Å²) < 4.78 is 0. The van der Waals surface area contributed by atoms with Gasteiger partial charge < -0.3 is 10.6 Å². The third-order valence-electron chi connectivity index (χ3n) is 2.97. The highest BCUT2D eigenvalue weighted by Gasteiger charge is 2.23. The first-order valence-electron chi connectivity index (χ1n) is 6.58. The molecule has 1 atom stereocenters. The molecule has 0 spiro atoms. The van der Waals surface area contributed by atoms with Gasteiger partial charge in [-0.15, -0.1) is 0 Å². The normalized spacial score (nSPS) is 12.0. The maximum atomic E-state index is 11.2. The minimum Gasteiger partial charge on any atom is -0.358 e. The van der Waals surface area contributed by atoms with Crippen LogP contribution in [0.15, 0.2) is 16.8 Å². The molecule has 1 unspecified atom stereocenters. The van der Waals surface area contributed by atoms with Gasteiger partial charge in [-0.05, 0) is 43.2 Å². The van der Waals surface area contributed by atoms with E-state index in [0.29, 0.717) is 18.2 Å². The number of thiophene rings is 1. The molecule has 0 bridgehead atoms. The van der Waals surface area contributed by atoms with Gasteiger partial charge in [0.1, 0.15) is 5.69 Å². The molecule has 0 saturated heterocycles. The first-order valence-corrected chi connectivity index (χ1v) is 7.52. The van der Waals surface area contributed by atoms with E-state index in [9.17, 15) is 10.1 Å². The van der Waals surface area contributed by atoms with Gasteiger partial charge in [-0.3, -0.25) is 10.1 Å². The van der Waals surface area contributed by atoms with E-state index in [-0.39, 0.29) is 17.5 Å². The standard InChI is InChI=1S/C13H17N5O2S/c1-4-14-13-16-9(3)11(18(19)20)12(17-13)15-8(2)10-5-6-21-7-10/h5-8H,4H2,1-3H3,(H2,14,15,16,17). The molecule has 0 amide bonds. The van der Waals surface area contributed by atoms with Crippen molar-refractivity contribution in [1.29, 1.82) is 0 Å². The molecule has 2 N–H and O–H groups in total. The van der Waals surface area contributed by atoms with Crippen molar-refractivity contribution in [3.63, 3.8) is 0 Å². The van der Waals surface area contributed by atoms with Crippen molar-refractivity contribution in [2.45, 2.75) is 26.8 Å². The van der Waals surface area contributed by atoms with Crippen LogP contribution in [0.5, 0.6) is 0 Å². The molecule has 0 aliphatic carbocycles. The van der Waals surface area contributed by atoms with Crippen molar-refractivity contribution in [3.8, 4) is 0 Å². The molecule has 2 rings (SSSR count). The van der Waals surface area contributed by atoms with Crippen LogP contribution in [0.3, 0.4) is 0 Å². The Hall–Kier alpha value is -2.22. The highest BCUT2D eigenvalue weighted by molar-refractivity contribution is 7.07. The molecule has 0 aliphatic heterocycles. The SMILES string of the molecule is CCNc1nc(C)c([N+](=O)[O-])c(NC(C)c2ccsc2)n1. The Morgan fingerprint density at radius 1 is 1.48 bits per heavy atom. The summed E-state index contributed by atoms with van der Waals surface area (Å²) in [7, 11) is 0. The molecule has 0 fully saturated rings. The van der Waals surface area contributed by atoms with Gasteiger partial charge in [-0.2, -0.15) is 16.3 Å². The Morgan fingerprint density at radius 2 is 2.24 bits per heavy atom. The molecule has 0 aromatic carbocycles. The van der Waals surface area contributed by atoms with Crippen LogP contribution in [-0.2, 0) is 0 Å². The number of nitrogens with one attached hydrogen (secondary N) is 2. The second kappa shape index (κ2) is 6.49. The summed E-state index contributed by atoms with van der Waals surface area (Å²) in [6, 6.07) is 1.91. The van der Waals surface area contributed by atoms with Crippen LogP contribution in [0.2, 0.25) is 0 Å². The molecule has 8 heteroatoms. The van der Waals surface area contributed by atoms with Crippen LogP contribution >= 0.6 is 11.3 Å². The van der Waals surface area contributed by atoms with Crippen LogP contribution in [-0.4, -0.2) is 21.4 Å². The second-order valence-electron chi connectivity index (χ2n) is 4.54. The third-order valence-corrected chi connectivity index (χ3v) is 3.67. The molecule has 0 radical (unpaired) electrons. The first-order chi connectivity index (χ1) is 10.0. The van der Waals surface area contributed by atoms with Crippen molar-refractivity contribution in [1.82, 2.24) is 9.97 Å². The fourth-order valence-electron chi connectivity index (χ4n) is 1.93. The second-order valence-corrected chi connectivity index (χ2v) is 5.32. The van der Waals surface area contributed by atoms with E-state index in [1.807, 2.05) is 30.7 Å². The number of nitrogens with zero attached hydrogens (tertiary/aromatic N) is 3. The lowest BCUT2D eigenvalue weighted by Gasteiger charge is -2.15. The Kier molecular flexibility index (Phi) is 4.69. The minimum atomic E-state index is -0.451. The van der Waals surface area contributed by atoms with Gasteiger partial charge in [-0.1, -0.05) is 0 Å². The first kappa shape index (κ1) is 15.2. The highest BCUT2D eigenvalue weighted by Crippen LogP contribution is 2.30. The number of hydrogen-bond donors (Lipinski definition) is 2. The predicted octanol–water partition coefficient (Wildman–Crippen LogP) is 3.36. The Bertz CT molecular complexity index is 630. The number of hydrogen-bond acceptors (Lipinski definition) is 7. The zero-order valence-electron chi connectivity index (χ0n) is 12.1. The van der Waals surface area contributed by atoms with Crippen LogP contribution in [0.1, 0.15) is 31.1 Å². The van der Waals surface area contributed by atoms with Crippen molar-refractivity contribution in [2.24, 2.45) is 0 Å². The molecule has 2 heterocycles. The van der Waals surface area contributed by atoms with Gasteiger partial charge in [-0.25, -0.2) is 4.98 Å². The zero-order valence-corrected chi connectivity index (χ0v) is 12.9. The maximum absolute atomic E-state index is 11.2. The number of nitro groups is 1. The van der Waals surface area contributed by atoms with Crippen LogP contribution in [0.4, 0.5) is 17.5 Å². The van der Waals surface area contributed by atoms with E-state index in [0.717, 1.165) is 5.56 Å². The molecule has 112 valence electrons. The predicted molar refractivity (Wildman–Crippen MR) is 83.9 cm³/mol. The summed E-state index contributed by atoms with van der Waals surface area (Å²) in [5.74, 6) is 0.628. The van der Waals surface area contributed by atoms with Gasteiger partial charge in [0.15, 0.2) is 0 Å². The lowest BCUT2D eigenvalue weighted by atomic mass is 10.2. The number of aromatic nitrogens is 2. The Labute approximate surface area is 126 Å². The van der Waals surface area contributed by atoms with Crippen LogP contribution in [0.25, 0.3) is 0 Å². The third kappa shape index (κ3) is 3.46. The highest BCUT2D eigenvalue weighted by atomic mass is 32.1. The minimum absolute atomic E-state index is 0.0706. The summed E-state index contributed by atoms with van der Waals surface area (Å²) >= 11 is 1.58. The van der Waals surface area contributed by atoms with Crippen molar-refractivity contribution in [3.05, 3.63) is 38.2 Å². The number of anilines is 2. The average molecular weight is 307 g/mol. The molecule has 7 nitrogen and oxygen atoms in total. The zero-order chi connectivity index (χ0) is 15.4. The maximum Gasteiger partial charge on any atom is 0.332 e. The van der Waals surface area contributed by atoms with E-state index < -0.39 is 4.92 Å². The molecule has 0 aliphatic rings. The lowest BCUT2D eigenvalue weighted by Crippen LogP contribution is -2.13. The van der Waals surface area contributed by atoms with Crippen molar-refractivity contribution in [2.75, 3.05) is 17.2 Å². The van der Waals surface area contributed by atoms with Crippen molar-refractivity contribution >= 4 is 28.8 Å². The van der Waals surface area contributed by atoms with E-state index in [4.69, 9.17) is 0 Å². The van der Waals surface area contributed by atoms with Gasteiger partial charge in [0.25, 0.3) is 0 Å². The molecule has 2 aromatic heterocycles. The monoisotopic (exact) mass is 307 g/mol. The molecule has 0 saturated carbocycles. The summed E-state index contributed by atoms with van der Waals surface area (Å²) in [4.78, 5) is 19.1. The average Bonchev–Trinajstić information content (AvgIpc) is 2.91. The fourth-order valence-corrected chi connectivity index (χ4v) is 2.69. The molecular weight excluding hydrogens is 290 g/mol. The Balaban J connectivity index is 2.37. The van der Waals surface area contributed by atoms with Crippen LogP contribution < -0.4 is 10.6 Å². The topological polar surface area (TPSA) is 93.0 Å². The summed E-state index contributed by atoms with van der Waals surface area (Å²) in [5.41, 5.74) is 1.32. The molecular formula is C13H17N5O2S. The largest absolute Gasteiger partial charge is 0.358 e. The van der Waals surface area contributed by atoms with Crippen molar-refractivity contribution < 1.29 is 4.92 Å². The quantitative estimate of drug-likeness (QED) is 0.628.